The number of thiophene rings is 1. The molecule has 0 bridgehead atoms. The van der Waals surface area contributed by atoms with Crippen molar-refractivity contribution in [3.8, 4) is 10.4 Å². The van der Waals surface area contributed by atoms with Gasteiger partial charge in [0.2, 0.25) is 0 Å². The van der Waals surface area contributed by atoms with Crippen LogP contribution in [0.1, 0.15) is 4.88 Å². The van der Waals surface area contributed by atoms with Crippen LogP contribution in [0.15, 0.2) is 42.5 Å². The molecule has 0 fully saturated rings. The van der Waals surface area contributed by atoms with Crippen molar-refractivity contribution in [1.82, 2.24) is 0 Å². The van der Waals surface area contributed by atoms with E-state index in [1.807, 2.05) is 23.1 Å². The molecule has 0 spiro atoms. The molecule has 1 aromatic heterocycles. The van der Waals surface area contributed by atoms with Gasteiger partial charge in [-0.15, -0.1) is 11.3 Å². The molecule has 0 N–H and O–H groups in total. The molecule has 0 aliphatic heterocycles. The topological polar surface area (TPSA) is 0 Å². The van der Waals surface area contributed by atoms with Gasteiger partial charge in [-0.05, 0) is 24.0 Å². The third-order valence-corrected chi connectivity index (χ3v) is 3.92. The monoisotopic (exact) mass is 220 g/mol. The van der Waals surface area contributed by atoms with Crippen molar-refractivity contribution in [2.24, 2.45) is 0 Å². The molecule has 72 valence electrons. The van der Waals surface area contributed by atoms with E-state index in [1.165, 1.54) is 15.3 Å². The highest BCUT2D eigenvalue weighted by molar-refractivity contribution is 7.97. The van der Waals surface area contributed by atoms with Gasteiger partial charge in [0.05, 0.1) is 0 Å². The smallest absolute Gasteiger partial charge is 0.0345 e. The first-order valence-corrected chi connectivity index (χ1v) is 6.74. The molecule has 0 aliphatic carbocycles. The first-order chi connectivity index (χ1) is 6.90. The highest BCUT2D eigenvalue weighted by Crippen LogP contribution is 2.29. The minimum Gasteiger partial charge on any atom is -0.160 e. The summed E-state index contributed by atoms with van der Waals surface area (Å²) < 4.78 is 0. The first-order valence-electron chi connectivity index (χ1n) is 4.53. The van der Waals surface area contributed by atoms with E-state index in [2.05, 4.69) is 48.7 Å². The summed E-state index contributed by atoms with van der Waals surface area (Å²) in [7, 11) is 0. The van der Waals surface area contributed by atoms with Crippen LogP contribution in [0.5, 0.6) is 0 Å². The largest absolute Gasteiger partial charge is 0.160 e. The molecule has 0 aliphatic rings. The Bertz CT molecular complexity index is 390. The van der Waals surface area contributed by atoms with Crippen molar-refractivity contribution in [1.29, 1.82) is 0 Å². The number of hydrogen-bond acceptors (Lipinski definition) is 2. The van der Waals surface area contributed by atoms with Crippen LogP contribution in [-0.2, 0) is 5.75 Å². The fourth-order valence-electron chi connectivity index (χ4n) is 1.36. The van der Waals surface area contributed by atoms with Crippen LogP contribution in [0.2, 0.25) is 0 Å². The molecular formula is C12H12S2. The Kier molecular flexibility index (Phi) is 3.27. The quantitative estimate of drug-likeness (QED) is 0.744. The van der Waals surface area contributed by atoms with E-state index in [0.717, 1.165) is 5.75 Å². The second-order valence-electron chi connectivity index (χ2n) is 3.06. The van der Waals surface area contributed by atoms with Crippen LogP contribution in [0.4, 0.5) is 0 Å². The Labute approximate surface area is 93.0 Å². The van der Waals surface area contributed by atoms with Gasteiger partial charge in [0.1, 0.15) is 0 Å². The molecule has 14 heavy (non-hydrogen) atoms. The molecule has 0 saturated heterocycles. The lowest BCUT2D eigenvalue weighted by Gasteiger charge is -1.94. The van der Waals surface area contributed by atoms with E-state index in [9.17, 15) is 0 Å². The van der Waals surface area contributed by atoms with Crippen LogP contribution >= 0.6 is 23.1 Å². The third kappa shape index (κ3) is 2.20. The van der Waals surface area contributed by atoms with Crippen molar-refractivity contribution in [2.75, 3.05) is 6.26 Å². The molecule has 0 unspecified atom stereocenters. The predicted octanol–water partition coefficient (Wildman–Crippen LogP) is 4.28. The fourth-order valence-corrected chi connectivity index (χ4v) is 3.13. The SMILES string of the molecule is CSCc1ccc(-c2ccccc2)s1. The van der Waals surface area contributed by atoms with Gasteiger partial charge in [0.15, 0.2) is 0 Å². The molecule has 0 amide bonds. The molecular weight excluding hydrogens is 208 g/mol. The van der Waals surface area contributed by atoms with Crippen LogP contribution in [-0.4, -0.2) is 6.26 Å². The van der Waals surface area contributed by atoms with Crippen molar-refractivity contribution in [3.05, 3.63) is 47.3 Å². The van der Waals surface area contributed by atoms with E-state index >= 15 is 0 Å². The Balaban J connectivity index is 2.25. The molecule has 0 nitrogen and oxygen atoms in total. The van der Waals surface area contributed by atoms with E-state index < -0.39 is 0 Å². The second kappa shape index (κ2) is 4.67. The van der Waals surface area contributed by atoms with E-state index in [1.54, 1.807) is 0 Å². The van der Waals surface area contributed by atoms with Gasteiger partial charge in [0, 0.05) is 15.5 Å². The molecule has 2 rings (SSSR count). The summed E-state index contributed by atoms with van der Waals surface area (Å²) in [6.45, 7) is 0. The molecule has 2 aromatic rings. The zero-order valence-electron chi connectivity index (χ0n) is 8.07. The Morgan fingerprint density at radius 3 is 2.57 bits per heavy atom. The summed E-state index contributed by atoms with van der Waals surface area (Å²) in [5.74, 6) is 1.12. The maximum absolute atomic E-state index is 2.23. The van der Waals surface area contributed by atoms with Crippen molar-refractivity contribution in [3.63, 3.8) is 0 Å². The van der Waals surface area contributed by atoms with E-state index in [-0.39, 0.29) is 0 Å². The lowest BCUT2D eigenvalue weighted by atomic mass is 10.2. The van der Waals surface area contributed by atoms with E-state index in [0.29, 0.717) is 0 Å². The zero-order valence-corrected chi connectivity index (χ0v) is 9.70. The van der Waals surface area contributed by atoms with Crippen molar-refractivity contribution in [2.45, 2.75) is 5.75 Å². The van der Waals surface area contributed by atoms with Gasteiger partial charge in [-0.2, -0.15) is 11.8 Å². The first kappa shape index (κ1) is 9.81. The average molecular weight is 220 g/mol. The summed E-state index contributed by atoms with van der Waals surface area (Å²) in [4.78, 5) is 2.83. The van der Waals surface area contributed by atoms with Gasteiger partial charge < -0.3 is 0 Å². The van der Waals surface area contributed by atoms with Gasteiger partial charge >= 0.3 is 0 Å². The lowest BCUT2D eigenvalue weighted by molar-refractivity contribution is 1.56. The van der Waals surface area contributed by atoms with Crippen LogP contribution in [0.3, 0.4) is 0 Å². The number of hydrogen-bond donors (Lipinski definition) is 0. The minimum atomic E-state index is 1.12. The Morgan fingerprint density at radius 1 is 1.07 bits per heavy atom. The van der Waals surface area contributed by atoms with Crippen LogP contribution in [0, 0.1) is 0 Å². The predicted molar refractivity (Wildman–Crippen MR) is 67.0 cm³/mol. The molecule has 1 heterocycles. The molecule has 0 radical (unpaired) electrons. The summed E-state index contributed by atoms with van der Waals surface area (Å²) >= 11 is 3.76. The molecule has 2 heteroatoms. The van der Waals surface area contributed by atoms with Crippen LogP contribution in [0.25, 0.3) is 10.4 Å². The maximum atomic E-state index is 2.23. The molecule has 0 saturated carbocycles. The fraction of sp³-hybridized carbons (Fsp3) is 0.167. The Hall–Kier alpha value is -0.730. The maximum Gasteiger partial charge on any atom is 0.0345 e. The lowest BCUT2D eigenvalue weighted by Crippen LogP contribution is -1.68. The number of rotatable bonds is 3. The summed E-state index contributed by atoms with van der Waals surface area (Å²) in [5, 5.41) is 0. The zero-order chi connectivity index (χ0) is 9.80. The number of thioether (sulfide) groups is 1. The third-order valence-electron chi connectivity index (χ3n) is 2.01. The normalized spacial score (nSPS) is 10.4. The van der Waals surface area contributed by atoms with Gasteiger partial charge in [-0.1, -0.05) is 30.3 Å². The average Bonchev–Trinajstić information content (AvgIpc) is 2.68. The highest BCUT2D eigenvalue weighted by Gasteiger charge is 2.00. The van der Waals surface area contributed by atoms with Gasteiger partial charge in [-0.25, -0.2) is 0 Å². The second-order valence-corrected chi connectivity index (χ2v) is 5.10. The van der Waals surface area contributed by atoms with E-state index in [4.69, 9.17) is 0 Å². The summed E-state index contributed by atoms with van der Waals surface area (Å²) in [5.41, 5.74) is 1.32. The van der Waals surface area contributed by atoms with Gasteiger partial charge in [0.25, 0.3) is 0 Å². The minimum absolute atomic E-state index is 1.12. The summed E-state index contributed by atoms with van der Waals surface area (Å²) in [6.07, 6.45) is 2.14. The van der Waals surface area contributed by atoms with Crippen molar-refractivity contribution >= 4 is 23.1 Å². The highest BCUT2D eigenvalue weighted by atomic mass is 32.2. The molecule has 0 atom stereocenters. The standard InChI is InChI=1S/C12H12S2/c1-13-9-11-7-8-12(14-11)10-5-3-2-4-6-10/h2-8H,9H2,1H3. The summed E-state index contributed by atoms with van der Waals surface area (Å²) in [6, 6.07) is 15.0. The van der Waals surface area contributed by atoms with Crippen LogP contribution < -0.4 is 0 Å². The molecule has 1 aromatic carbocycles. The van der Waals surface area contributed by atoms with Crippen molar-refractivity contribution < 1.29 is 0 Å². The number of benzene rings is 1. The van der Waals surface area contributed by atoms with Gasteiger partial charge in [-0.3, -0.25) is 0 Å². The Morgan fingerprint density at radius 2 is 1.86 bits per heavy atom.